The first-order valence-electron chi connectivity index (χ1n) is 1.38. The molecule has 0 radical (unpaired) electrons. The molecule has 10 heavy (non-hydrogen) atoms. The number of hydrogen-bond donors (Lipinski definition) is 3. The maximum atomic E-state index is 8.64. The first-order chi connectivity index (χ1) is 3.46. The van der Waals surface area contributed by atoms with Crippen LogP contribution in [0.1, 0.15) is 0 Å². The summed E-state index contributed by atoms with van der Waals surface area (Å²) in [5.74, 6) is 0. The number of carboxylic acid groups (broad SMARTS) is 2. The minimum Gasteiger partial charge on any atom is -0.832 e. The molecule has 0 amide bonds. The van der Waals surface area contributed by atoms with Crippen molar-refractivity contribution in [3.63, 3.8) is 0 Å². The number of rotatable bonds is 0. The molecule has 0 aliphatic heterocycles. The minimum absolute atomic E-state index is 0. The van der Waals surface area contributed by atoms with Crippen LogP contribution in [0.25, 0.3) is 0 Å². The third-order valence-electron chi connectivity index (χ3n) is 0. The van der Waals surface area contributed by atoms with Crippen LogP contribution < -0.4 is 69.2 Å². The molecule has 0 rings (SSSR count). The van der Waals surface area contributed by atoms with Crippen molar-refractivity contribution in [2.45, 2.75) is 0 Å². The normalized spacial score (nSPS) is 5.10. The van der Waals surface area contributed by atoms with E-state index in [4.69, 9.17) is 30.1 Å². The molecule has 0 atom stereocenters. The average molecular weight is 168 g/mol. The molecule has 0 saturated heterocycles. The molecular formula is CH3BNa2O6. The predicted molar refractivity (Wildman–Crippen MR) is 18.2 cm³/mol. The molecule has 0 spiro atoms. The molecule has 0 unspecified atom stereocenters. The van der Waals surface area contributed by atoms with Crippen LogP contribution in [-0.2, 0) is 0 Å². The van der Waals surface area contributed by atoms with Gasteiger partial charge in [-0.2, -0.15) is 0 Å². The van der Waals surface area contributed by atoms with E-state index in [9.17, 15) is 0 Å². The third-order valence-corrected chi connectivity index (χ3v) is 0. The average Bonchev–Trinajstić information content (AvgIpc) is 1.25. The van der Waals surface area contributed by atoms with E-state index in [0.29, 0.717) is 0 Å². The zero-order valence-electron chi connectivity index (χ0n) is 5.64. The Kier molecular flexibility index (Phi) is 37.5. The predicted octanol–water partition coefficient (Wildman–Crippen LogP) is -9.79. The van der Waals surface area contributed by atoms with E-state index in [0.717, 1.165) is 0 Å². The molecule has 0 aliphatic rings. The molecule has 0 aromatic carbocycles. The molecule has 0 aromatic heterocycles. The van der Waals surface area contributed by atoms with Gasteiger partial charge in [-0.05, 0) is 0 Å². The van der Waals surface area contributed by atoms with Gasteiger partial charge in [-0.15, -0.1) is 0 Å². The van der Waals surface area contributed by atoms with Gasteiger partial charge in [0.2, 0.25) is 6.16 Å². The Morgan fingerprint density at radius 3 is 1.30 bits per heavy atom. The van der Waals surface area contributed by atoms with Crippen molar-refractivity contribution < 1.29 is 89.2 Å². The van der Waals surface area contributed by atoms with Gasteiger partial charge in [0.1, 0.15) is 0 Å². The monoisotopic (exact) mass is 168 g/mol. The van der Waals surface area contributed by atoms with E-state index < -0.39 is 13.5 Å². The molecule has 6 nitrogen and oxygen atoms in total. The van der Waals surface area contributed by atoms with Crippen molar-refractivity contribution in [1.29, 1.82) is 0 Å². The quantitative estimate of drug-likeness (QED) is 0.308. The second kappa shape index (κ2) is 16.7. The number of carbonyl (C=O) groups is 1. The Morgan fingerprint density at radius 2 is 1.30 bits per heavy atom. The van der Waals surface area contributed by atoms with Crippen LogP contribution in [0.2, 0.25) is 0 Å². The topological polar surface area (TPSA) is 124 Å². The van der Waals surface area contributed by atoms with Crippen molar-refractivity contribution >= 4 is 13.5 Å². The van der Waals surface area contributed by atoms with Crippen LogP contribution in [-0.4, -0.2) is 28.6 Å². The Balaban J connectivity index is -0.0000000300. The Bertz CT molecular complexity index is 60.0. The van der Waals surface area contributed by atoms with Crippen molar-refractivity contribution in [2.75, 3.05) is 0 Å². The SMILES string of the molecule is O=C([O-])O.[Na+].[Na+].[O-]B(O)O. The van der Waals surface area contributed by atoms with E-state index in [-0.39, 0.29) is 59.1 Å². The maximum Gasteiger partial charge on any atom is 1.00 e. The summed E-state index contributed by atoms with van der Waals surface area (Å²) in [6.45, 7) is 0. The fraction of sp³-hybridized carbons (Fsp3) is 0. The fourth-order valence-electron chi connectivity index (χ4n) is 0. The van der Waals surface area contributed by atoms with E-state index in [1.54, 1.807) is 0 Å². The Hall–Kier alpha value is 1.21. The molecule has 0 bridgehead atoms. The summed E-state index contributed by atoms with van der Waals surface area (Å²) < 4.78 is 0. The van der Waals surface area contributed by atoms with E-state index in [1.165, 1.54) is 0 Å². The van der Waals surface area contributed by atoms with Gasteiger partial charge in [0.25, 0.3) is 0 Å². The standard InChI is InChI=1S/CH2O3.BH2O3.2Na/c2*2-1(3)4;;/h(H2,2,3,4);2-3H;;/q;-1;2*+1/p-1. The van der Waals surface area contributed by atoms with Crippen molar-refractivity contribution in [1.82, 2.24) is 0 Å². The van der Waals surface area contributed by atoms with Crippen LogP contribution in [0.15, 0.2) is 0 Å². The Labute approximate surface area is 102 Å². The summed E-state index contributed by atoms with van der Waals surface area (Å²) in [6.07, 6.45) is -2.08. The fourth-order valence-corrected chi connectivity index (χ4v) is 0. The molecule has 0 fully saturated rings. The van der Waals surface area contributed by atoms with Crippen LogP contribution >= 0.6 is 0 Å². The molecule has 48 valence electrons. The van der Waals surface area contributed by atoms with Crippen molar-refractivity contribution in [3.05, 3.63) is 0 Å². The maximum absolute atomic E-state index is 8.64. The van der Waals surface area contributed by atoms with Gasteiger partial charge in [0.15, 0.2) is 0 Å². The Morgan fingerprint density at radius 1 is 1.30 bits per heavy atom. The molecule has 0 aromatic rings. The molecular weight excluding hydrogens is 165 g/mol. The summed E-state index contributed by atoms with van der Waals surface area (Å²) in [5.41, 5.74) is 0. The van der Waals surface area contributed by atoms with Gasteiger partial charge in [0, 0.05) is 0 Å². The first-order valence-corrected chi connectivity index (χ1v) is 1.38. The smallest absolute Gasteiger partial charge is 0.832 e. The van der Waals surface area contributed by atoms with E-state index >= 15 is 0 Å². The van der Waals surface area contributed by atoms with E-state index in [2.05, 4.69) is 0 Å². The summed E-state index contributed by atoms with van der Waals surface area (Å²) in [7, 11) is -2.42. The molecule has 3 N–H and O–H groups in total. The van der Waals surface area contributed by atoms with Crippen LogP contribution in [0.3, 0.4) is 0 Å². The summed E-state index contributed by atoms with van der Waals surface area (Å²) in [4.78, 5) is 8.44. The van der Waals surface area contributed by atoms with Gasteiger partial charge >= 0.3 is 66.4 Å². The molecule has 0 aliphatic carbocycles. The van der Waals surface area contributed by atoms with Gasteiger partial charge in [-0.1, -0.05) is 0 Å². The zero-order chi connectivity index (χ0) is 7.15. The van der Waals surface area contributed by atoms with Gasteiger partial charge in [0.05, 0.1) is 0 Å². The third kappa shape index (κ3) is 421. The zero-order valence-corrected chi connectivity index (χ0v) is 9.64. The van der Waals surface area contributed by atoms with Crippen LogP contribution in [0.5, 0.6) is 0 Å². The van der Waals surface area contributed by atoms with Gasteiger partial charge < -0.3 is 30.1 Å². The number of hydrogen-bond acceptors (Lipinski definition) is 5. The first kappa shape index (κ1) is 22.5. The van der Waals surface area contributed by atoms with Gasteiger partial charge in [-0.3, -0.25) is 0 Å². The van der Waals surface area contributed by atoms with E-state index in [1.807, 2.05) is 0 Å². The molecule has 9 heteroatoms. The summed E-state index contributed by atoms with van der Waals surface area (Å²) in [5, 5.41) is 38.1. The van der Waals surface area contributed by atoms with Gasteiger partial charge in [-0.25, -0.2) is 0 Å². The molecule has 0 heterocycles. The largest absolute Gasteiger partial charge is 1.00 e. The second-order valence-corrected chi connectivity index (χ2v) is 0.592. The van der Waals surface area contributed by atoms with Crippen molar-refractivity contribution in [2.24, 2.45) is 0 Å². The van der Waals surface area contributed by atoms with Crippen LogP contribution in [0.4, 0.5) is 4.79 Å². The summed E-state index contributed by atoms with van der Waals surface area (Å²) >= 11 is 0. The molecule has 0 saturated carbocycles. The second-order valence-electron chi connectivity index (χ2n) is 0.592. The minimum atomic E-state index is -2.42. The van der Waals surface area contributed by atoms with Crippen molar-refractivity contribution in [3.8, 4) is 0 Å². The van der Waals surface area contributed by atoms with Crippen LogP contribution in [0, 0.1) is 0 Å². The summed E-state index contributed by atoms with van der Waals surface area (Å²) in [6, 6.07) is 0.